The van der Waals surface area contributed by atoms with Crippen LogP contribution in [0.15, 0.2) is 22.7 Å². The molecule has 1 saturated heterocycles. The molecule has 1 aliphatic heterocycles. The molecule has 1 aliphatic rings. The average molecular weight is 381 g/mol. The molecule has 0 aliphatic carbocycles. The van der Waals surface area contributed by atoms with Gasteiger partial charge in [-0.05, 0) is 30.4 Å². The van der Waals surface area contributed by atoms with Crippen molar-refractivity contribution in [1.82, 2.24) is 4.90 Å². The number of thiocarbonyl (C=S) groups is 1. The minimum absolute atomic E-state index is 0.00706. The van der Waals surface area contributed by atoms with Crippen LogP contribution in [0.1, 0.15) is 18.4 Å². The molecular formula is C12H8BrF3N2O2S. The van der Waals surface area contributed by atoms with E-state index in [-0.39, 0.29) is 28.1 Å². The number of hydrogen-bond donors (Lipinski definition) is 1. The van der Waals surface area contributed by atoms with Crippen LogP contribution in [0.25, 0.3) is 0 Å². The van der Waals surface area contributed by atoms with Gasteiger partial charge in [-0.3, -0.25) is 9.59 Å². The van der Waals surface area contributed by atoms with Crippen LogP contribution in [0, 0.1) is 0 Å². The van der Waals surface area contributed by atoms with E-state index in [1.807, 2.05) is 0 Å². The Bertz CT molecular complexity index is 617. The molecule has 1 fully saturated rings. The molecule has 2 rings (SSSR count). The van der Waals surface area contributed by atoms with Crippen molar-refractivity contribution in [2.24, 2.45) is 0 Å². The van der Waals surface area contributed by atoms with Crippen LogP contribution < -0.4 is 5.32 Å². The van der Waals surface area contributed by atoms with E-state index in [0.29, 0.717) is 4.90 Å². The molecule has 0 radical (unpaired) electrons. The molecule has 1 aromatic rings. The lowest BCUT2D eigenvalue weighted by atomic mass is 10.1. The Morgan fingerprint density at radius 1 is 1.24 bits per heavy atom. The van der Waals surface area contributed by atoms with Crippen molar-refractivity contribution < 1.29 is 22.8 Å². The highest BCUT2D eigenvalue weighted by Gasteiger charge is 2.36. The number of likely N-dealkylation sites (tertiary alicyclic amines) is 1. The van der Waals surface area contributed by atoms with Crippen LogP contribution in [-0.4, -0.2) is 21.8 Å². The zero-order chi connectivity index (χ0) is 15.8. The van der Waals surface area contributed by atoms with Crippen molar-refractivity contribution in [3.05, 3.63) is 28.2 Å². The third-order valence-electron chi connectivity index (χ3n) is 2.78. The fraction of sp³-hybridized carbons (Fsp3) is 0.250. The molecule has 0 bridgehead atoms. The van der Waals surface area contributed by atoms with E-state index in [9.17, 15) is 22.8 Å². The summed E-state index contributed by atoms with van der Waals surface area (Å²) in [5.41, 5.74) is -1.26. The van der Waals surface area contributed by atoms with Crippen LogP contribution in [-0.2, 0) is 15.8 Å². The van der Waals surface area contributed by atoms with Crippen molar-refractivity contribution in [2.45, 2.75) is 19.0 Å². The van der Waals surface area contributed by atoms with Crippen molar-refractivity contribution >= 4 is 50.8 Å². The van der Waals surface area contributed by atoms with Crippen LogP contribution in [0.3, 0.4) is 0 Å². The van der Waals surface area contributed by atoms with Gasteiger partial charge >= 0.3 is 6.18 Å². The Morgan fingerprint density at radius 3 is 2.33 bits per heavy atom. The van der Waals surface area contributed by atoms with E-state index in [1.165, 1.54) is 12.1 Å². The third kappa shape index (κ3) is 3.41. The molecule has 0 atom stereocenters. The van der Waals surface area contributed by atoms with Gasteiger partial charge < -0.3 is 5.32 Å². The molecule has 112 valence electrons. The summed E-state index contributed by atoms with van der Waals surface area (Å²) >= 11 is 7.82. The summed E-state index contributed by atoms with van der Waals surface area (Å²) in [4.78, 5) is 23.7. The standard InChI is InChI=1S/C12H8BrF3N2O2S/c13-6-1-2-8(7(5-6)12(14,15)16)17-11(21)18-9(19)3-4-10(18)20/h1-2,5H,3-4H2,(H,17,21). The molecule has 0 spiro atoms. The lowest BCUT2D eigenvalue weighted by molar-refractivity contribution is -0.137. The average Bonchev–Trinajstić information content (AvgIpc) is 2.70. The molecule has 0 unspecified atom stereocenters. The number of nitrogens with zero attached hydrogens (tertiary/aromatic N) is 1. The largest absolute Gasteiger partial charge is 0.418 e. The van der Waals surface area contributed by atoms with E-state index in [4.69, 9.17) is 12.2 Å². The summed E-state index contributed by atoms with van der Waals surface area (Å²) in [6.45, 7) is 0. The van der Waals surface area contributed by atoms with E-state index in [0.717, 1.165) is 6.07 Å². The molecule has 0 aromatic heterocycles. The second-order valence-corrected chi connectivity index (χ2v) is 5.54. The summed E-state index contributed by atoms with van der Waals surface area (Å²) in [5, 5.41) is 1.97. The number of amides is 2. The van der Waals surface area contributed by atoms with Gasteiger partial charge in [-0.2, -0.15) is 13.2 Å². The predicted molar refractivity (Wildman–Crippen MR) is 76.5 cm³/mol. The summed E-state index contributed by atoms with van der Waals surface area (Å²) in [7, 11) is 0. The molecule has 1 aromatic carbocycles. The Morgan fingerprint density at radius 2 is 1.81 bits per heavy atom. The van der Waals surface area contributed by atoms with Gasteiger partial charge in [0.25, 0.3) is 0 Å². The first-order chi connectivity index (χ1) is 9.70. The van der Waals surface area contributed by atoms with Gasteiger partial charge in [0, 0.05) is 17.3 Å². The van der Waals surface area contributed by atoms with Gasteiger partial charge in [-0.25, -0.2) is 4.90 Å². The number of hydrogen-bond acceptors (Lipinski definition) is 3. The Hall–Kier alpha value is -1.48. The predicted octanol–water partition coefficient (Wildman–Crippen LogP) is 3.31. The number of carbonyl (C=O) groups is 2. The number of carbonyl (C=O) groups excluding carboxylic acids is 2. The zero-order valence-corrected chi connectivity index (χ0v) is 12.7. The van der Waals surface area contributed by atoms with Gasteiger partial charge in [0.15, 0.2) is 5.11 Å². The zero-order valence-electron chi connectivity index (χ0n) is 10.3. The number of rotatable bonds is 1. The highest BCUT2D eigenvalue weighted by molar-refractivity contribution is 9.10. The normalized spacial score (nSPS) is 15.5. The highest BCUT2D eigenvalue weighted by Crippen LogP contribution is 2.36. The maximum absolute atomic E-state index is 13.0. The second kappa shape index (κ2) is 5.72. The summed E-state index contributed by atoms with van der Waals surface area (Å²) < 4.78 is 39.1. The minimum atomic E-state index is -4.60. The number of nitrogens with one attached hydrogen (secondary N) is 1. The van der Waals surface area contributed by atoms with Gasteiger partial charge in [0.2, 0.25) is 11.8 Å². The summed E-state index contributed by atoms with van der Waals surface area (Å²) in [6, 6.07) is 3.45. The number of anilines is 1. The SMILES string of the molecule is O=C1CCC(=O)N1C(=S)Nc1ccc(Br)cc1C(F)(F)F. The molecule has 1 heterocycles. The highest BCUT2D eigenvalue weighted by atomic mass is 79.9. The monoisotopic (exact) mass is 380 g/mol. The topological polar surface area (TPSA) is 49.4 Å². The maximum atomic E-state index is 13.0. The second-order valence-electron chi connectivity index (χ2n) is 4.24. The van der Waals surface area contributed by atoms with Crippen molar-refractivity contribution in [3.63, 3.8) is 0 Å². The lowest BCUT2D eigenvalue weighted by Gasteiger charge is -2.19. The van der Waals surface area contributed by atoms with Crippen LogP contribution in [0.2, 0.25) is 0 Å². The molecular weight excluding hydrogens is 373 g/mol. The first-order valence-corrected chi connectivity index (χ1v) is 6.94. The van der Waals surface area contributed by atoms with E-state index < -0.39 is 23.6 Å². The molecule has 0 saturated carbocycles. The number of imide groups is 1. The summed E-state index contributed by atoms with van der Waals surface area (Å²) in [6.07, 6.45) is -4.58. The van der Waals surface area contributed by atoms with Crippen LogP contribution in [0.4, 0.5) is 18.9 Å². The van der Waals surface area contributed by atoms with Gasteiger partial charge in [0.1, 0.15) is 0 Å². The molecule has 21 heavy (non-hydrogen) atoms. The van der Waals surface area contributed by atoms with Crippen molar-refractivity contribution in [2.75, 3.05) is 5.32 Å². The Kier molecular flexibility index (Phi) is 4.33. The third-order valence-corrected chi connectivity index (χ3v) is 3.56. The smallest absolute Gasteiger partial charge is 0.331 e. The quantitative estimate of drug-likeness (QED) is 0.599. The first-order valence-electron chi connectivity index (χ1n) is 5.73. The minimum Gasteiger partial charge on any atom is -0.331 e. The fourth-order valence-electron chi connectivity index (χ4n) is 1.83. The van der Waals surface area contributed by atoms with Gasteiger partial charge in [0.05, 0.1) is 11.3 Å². The lowest BCUT2D eigenvalue weighted by Crippen LogP contribution is -2.39. The first kappa shape index (κ1) is 15.9. The molecule has 2 amide bonds. The Balaban J connectivity index is 2.30. The maximum Gasteiger partial charge on any atom is 0.418 e. The van der Waals surface area contributed by atoms with Crippen LogP contribution >= 0.6 is 28.1 Å². The van der Waals surface area contributed by atoms with Crippen LogP contribution in [0.5, 0.6) is 0 Å². The van der Waals surface area contributed by atoms with Gasteiger partial charge in [-0.15, -0.1) is 0 Å². The molecule has 4 nitrogen and oxygen atoms in total. The van der Waals surface area contributed by atoms with Crippen molar-refractivity contribution in [1.29, 1.82) is 0 Å². The van der Waals surface area contributed by atoms with Crippen molar-refractivity contribution in [3.8, 4) is 0 Å². The molecule has 9 heteroatoms. The Labute approximate surface area is 131 Å². The molecule has 1 N–H and O–H groups in total. The van der Waals surface area contributed by atoms with E-state index in [2.05, 4.69) is 21.2 Å². The van der Waals surface area contributed by atoms with E-state index in [1.54, 1.807) is 0 Å². The number of benzene rings is 1. The van der Waals surface area contributed by atoms with Gasteiger partial charge in [-0.1, -0.05) is 15.9 Å². The number of alkyl halides is 3. The number of halogens is 4. The summed E-state index contributed by atoms with van der Waals surface area (Å²) in [5.74, 6) is -1.05. The fourth-order valence-corrected chi connectivity index (χ4v) is 2.51. The van der Waals surface area contributed by atoms with E-state index >= 15 is 0 Å².